The van der Waals surface area contributed by atoms with Gasteiger partial charge in [-0.2, -0.15) is 5.10 Å². The first kappa shape index (κ1) is 7.49. The predicted molar refractivity (Wildman–Crippen MR) is 49.1 cm³/mol. The summed E-state index contributed by atoms with van der Waals surface area (Å²) in [5.41, 5.74) is 3.51. The van der Waals surface area contributed by atoms with E-state index in [0.29, 0.717) is 0 Å². The Morgan fingerprint density at radius 1 is 1.42 bits per heavy atom. The molecule has 0 fully saturated rings. The molecular formula is C8H9N3S. The van der Waals surface area contributed by atoms with Crippen molar-refractivity contribution in [2.24, 2.45) is 7.05 Å². The van der Waals surface area contributed by atoms with Crippen molar-refractivity contribution in [2.45, 2.75) is 6.92 Å². The van der Waals surface area contributed by atoms with Crippen molar-refractivity contribution in [1.82, 2.24) is 14.2 Å². The van der Waals surface area contributed by atoms with E-state index in [1.165, 1.54) is 22.8 Å². The van der Waals surface area contributed by atoms with Crippen LogP contribution in [-0.2, 0) is 7.05 Å². The Labute approximate surface area is 74.8 Å². The van der Waals surface area contributed by atoms with Crippen LogP contribution in [0.1, 0.15) is 5.69 Å². The van der Waals surface area contributed by atoms with Gasteiger partial charge in [-0.25, -0.2) is 4.37 Å². The van der Waals surface area contributed by atoms with Gasteiger partial charge in [-0.1, -0.05) is 0 Å². The molecule has 2 aromatic rings. The number of rotatable bonds is 1. The minimum Gasteiger partial charge on any atom is -0.272 e. The fourth-order valence-corrected chi connectivity index (χ4v) is 1.66. The molecule has 0 radical (unpaired) electrons. The standard InChI is InChI=1S/C8H9N3S/c1-6-8(4-9-11(6)2)7-3-10-12-5-7/h3-5H,1-2H3. The Morgan fingerprint density at radius 3 is 2.75 bits per heavy atom. The molecule has 0 atom stereocenters. The molecule has 62 valence electrons. The lowest BCUT2D eigenvalue weighted by atomic mass is 10.1. The van der Waals surface area contributed by atoms with Gasteiger partial charge in [0.25, 0.3) is 0 Å². The molecule has 0 bridgehead atoms. The highest BCUT2D eigenvalue weighted by Crippen LogP contribution is 2.22. The highest BCUT2D eigenvalue weighted by atomic mass is 32.1. The molecule has 2 heterocycles. The van der Waals surface area contributed by atoms with Gasteiger partial charge in [0, 0.05) is 35.4 Å². The summed E-state index contributed by atoms with van der Waals surface area (Å²) in [5, 5.41) is 6.20. The van der Waals surface area contributed by atoms with Crippen LogP contribution in [0.25, 0.3) is 11.1 Å². The van der Waals surface area contributed by atoms with Gasteiger partial charge >= 0.3 is 0 Å². The van der Waals surface area contributed by atoms with Crippen molar-refractivity contribution in [2.75, 3.05) is 0 Å². The maximum Gasteiger partial charge on any atom is 0.0571 e. The first-order valence-corrected chi connectivity index (χ1v) is 4.51. The summed E-state index contributed by atoms with van der Waals surface area (Å²) in [6.45, 7) is 2.06. The quantitative estimate of drug-likeness (QED) is 0.669. The second-order valence-electron chi connectivity index (χ2n) is 2.68. The van der Waals surface area contributed by atoms with Crippen LogP contribution in [0, 0.1) is 6.92 Å². The second-order valence-corrected chi connectivity index (χ2v) is 3.34. The van der Waals surface area contributed by atoms with Crippen LogP contribution in [-0.4, -0.2) is 14.2 Å². The molecule has 0 saturated heterocycles. The van der Waals surface area contributed by atoms with E-state index in [9.17, 15) is 0 Å². The van der Waals surface area contributed by atoms with Crippen molar-refractivity contribution < 1.29 is 0 Å². The summed E-state index contributed by atoms with van der Waals surface area (Å²) >= 11 is 1.47. The van der Waals surface area contributed by atoms with Gasteiger partial charge in [0.2, 0.25) is 0 Å². The number of aromatic nitrogens is 3. The van der Waals surface area contributed by atoms with Crippen molar-refractivity contribution in [1.29, 1.82) is 0 Å². The molecule has 0 aliphatic heterocycles. The molecule has 2 rings (SSSR count). The van der Waals surface area contributed by atoms with E-state index in [2.05, 4.69) is 16.4 Å². The van der Waals surface area contributed by atoms with Crippen molar-refractivity contribution in [3.63, 3.8) is 0 Å². The van der Waals surface area contributed by atoms with Gasteiger partial charge in [-0.3, -0.25) is 4.68 Å². The number of nitrogens with zero attached hydrogens (tertiary/aromatic N) is 3. The molecule has 3 nitrogen and oxygen atoms in total. The number of hydrogen-bond acceptors (Lipinski definition) is 3. The molecule has 0 aliphatic rings. The third-order valence-corrected chi connectivity index (χ3v) is 2.57. The van der Waals surface area contributed by atoms with Crippen LogP contribution < -0.4 is 0 Å². The zero-order chi connectivity index (χ0) is 8.55. The summed E-state index contributed by atoms with van der Waals surface area (Å²) in [5.74, 6) is 0. The van der Waals surface area contributed by atoms with Crippen LogP contribution in [0.15, 0.2) is 17.8 Å². The molecule has 0 N–H and O–H groups in total. The largest absolute Gasteiger partial charge is 0.272 e. The Balaban J connectivity index is 2.55. The van der Waals surface area contributed by atoms with E-state index in [0.717, 1.165) is 5.56 Å². The average molecular weight is 179 g/mol. The zero-order valence-corrected chi connectivity index (χ0v) is 7.80. The topological polar surface area (TPSA) is 30.7 Å². The van der Waals surface area contributed by atoms with Gasteiger partial charge in [0.05, 0.1) is 6.20 Å². The molecule has 12 heavy (non-hydrogen) atoms. The maximum absolute atomic E-state index is 4.17. The van der Waals surface area contributed by atoms with Gasteiger partial charge in [-0.15, -0.1) is 0 Å². The third-order valence-electron chi connectivity index (χ3n) is 1.98. The minimum absolute atomic E-state index is 1.16. The van der Waals surface area contributed by atoms with E-state index in [4.69, 9.17) is 0 Å². The summed E-state index contributed by atoms with van der Waals surface area (Å²) in [7, 11) is 1.94. The van der Waals surface area contributed by atoms with Gasteiger partial charge in [0.1, 0.15) is 0 Å². The van der Waals surface area contributed by atoms with Gasteiger partial charge in [-0.05, 0) is 18.5 Å². The van der Waals surface area contributed by atoms with Gasteiger partial charge in [0.15, 0.2) is 0 Å². The Morgan fingerprint density at radius 2 is 2.25 bits per heavy atom. The first-order valence-electron chi connectivity index (χ1n) is 3.67. The number of hydrogen-bond donors (Lipinski definition) is 0. The highest BCUT2D eigenvalue weighted by molar-refractivity contribution is 7.03. The molecule has 0 saturated carbocycles. The third kappa shape index (κ3) is 1.04. The fourth-order valence-electron chi connectivity index (χ4n) is 1.12. The number of aryl methyl sites for hydroxylation is 1. The van der Waals surface area contributed by atoms with E-state index in [-0.39, 0.29) is 0 Å². The van der Waals surface area contributed by atoms with Crippen LogP contribution in [0.2, 0.25) is 0 Å². The molecule has 0 amide bonds. The molecule has 2 aromatic heterocycles. The normalized spacial score (nSPS) is 10.5. The van der Waals surface area contributed by atoms with Crippen molar-refractivity contribution in [3.8, 4) is 11.1 Å². The average Bonchev–Trinajstić information content (AvgIpc) is 2.64. The first-order chi connectivity index (χ1) is 5.79. The second kappa shape index (κ2) is 2.71. The SMILES string of the molecule is Cc1c(-c2cnsc2)cnn1C. The van der Waals surface area contributed by atoms with E-state index < -0.39 is 0 Å². The van der Waals surface area contributed by atoms with Crippen LogP contribution in [0.3, 0.4) is 0 Å². The van der Waals surface area contributed by atoms with E-state index >= 15 is 0 Å². The van der Waals surface area contributed by atoms with Crippen molar-refractivity contribution >= 4 is 11.5 Å². The maximum atomic E-state index is 4.17. The molecule has 0 aromatic carbocycles. The molecule has 0 aliphatic carbocycles. The lowest BCUT2D eigenvalue weighted by Crippen LogP contribution is -1.92. The Kier molecular flexibility index (Phi) is 1.69. The van der Waals surface area contributed by atoms with Crippen molar-refractivity contribution in [3.05, 3.63) is 23.5 Å². The molecule has 0 spiro atoms. The van der Waals surface area contributed by atoms with Crippen LogP contribution in [0.4, 0.5) is 0 Å². The van der Waals surface area contributed by atoms with Crippen LogP contribution in [0.5, 0.6) is 0 Å². The van der Waals surface area contributed by atoms with E-state index in [1.807, 2.05) is 29.5 Å². The lowest BCUT2D eigenvalue weighted by molar-refractivity contribution is 0.740. The zero-order valence-electron chi connectivity index (χ0n) is 6.98. The molecule has 0 unspecified atom stereocenters. The van der Waals surface area contributed by atoms with Crippen LogP contribution >= 0.6 is 11.5 Å². The van der Waals surface area contributed by atoms with Gasteiger partial charge < -0.3 is 0 Å². The monoisotopic (exact) mass is 179 g/mol. The summed E-state index contributed by atoms with van der Waals surface area (Å²) in [6, 6.07) is 0. The molecular weight excluding hydrogens is 170 g/mol. The summed E-state index contributed by atoms with van der Waals surface area (Å²) < 4.78 is 5.92. The highest BCUT2D eigenvalue weighted by Gasteiger charge is 2.06. The summed E-state index contributed by atoms with van der Waals surface area (Å²) in [4.78, 5) is 0. The smallest absolute Gasteiger partial charge is 0.0571 e. The van der Waals surface area contributed by atoms with E-state index in [1.54, 1.807) is 0 Å². The predicted octanol–water partition coefficient (Wildman–Crippen LogP) is 1.85. The molecule has 4 heteroatoms. The summed E-state index contributed by atoms with van der Waals surface area (Å²) in [6.07, 6.45) is 3.74. The fraction of sp³-hybridized carbons (Fsp3) is 0.250. The Bertz CT molecular complexity index is 375. The minimum atomic E-state index is 1.16. The Hall–Kier alpha value is -1.16. The lowest BCUT2D eigenvalue weighted by Gasteiger charge is -1.95.